The molecule has 4 nitrogen and oxygen atoms in total. The Labute approximate surface area is 145 Å². The van der Waals surface area contributed by atoms with E-state index in [-0.39, 0.29) is 30.6 Å². The summed E-state index contributed by atoms with van der Waals surface area (Å²) in [6.07, 6.45) is -0.0987. The molecule has 24 heavy (non-hydrogen) atoms. The van der Waals surface area contributed by atoms with Gasteiger partial charge in [0.2, 0.25) is 5.91 Å². The lowest BCUT2D eigenvalue weighted by Gasteiger charge is -2.31. The largest absolute Gasteiger partial charge is 0.484 e. The van der Waals surface area contributed by atoms with Crippen LogP contribution in [0.15, 0.2) is 24.3 Å². The van der Waals surface area contributed by atoms with Gasteiger partial charge in [0.05, 0.1) is 5.54 Å². The van der Waals surface area contributed by atoms with Gasteiger partial charge in [0.1, 0.15) is 5.75 Å². The number of halogens is 4. The summed E-state index contributed by atoms with van der Waals surface area (Å²) in [5.41, 5.74) is 5.96. The minimum Gasteiger partial charge on any atom is -0.484 e. The number of ether oxygens (including phenoxy) is 1. The van der Waals surface area contributed by atoms with Gasteiger partial charge in [-0.2, -0.15) is 13.2 Å². The molecule has 0 bridgehead atoms. The van der Waals surface area contributed by atoms with Crippen molar-refractivity contribution in [3.63, 3.8) is 0 Å². The third-order valence-corrected chi connectivity index (χ3v) is 3.95. The molecular formula is C16H22ClF3N2O2. The summed E-state index contributed by atoms with van der Waals surface area (Å²) >= 11 is 0. The number of hydrogen-bond donors (Lipinski definition) is 2. The van der Waals surface area contributed by atoms with Gasteiger partial charge in [0.15, 0.2) is 6.61 Å². The highest BCUT2D eigenvalue weighted by Gasteiger charge is 2.34. The van der Waals surface area contributed by atoms with Crippen LogP contribution in [0.1, 0.15) is 37.7 Å². The van der Waals surface area contributed by atoms with E-state index in [4.69, 9.17) is 10.5 Å². The van der Waals surface area contributed by atoms with Crippen molar-refractivity contribution < 1.29 is 22.7 Å². The number of rotatable bonds is 5. The first-order chi connectivity index (χ1) is 10.8. The SMILES string of the molecule is Cl.NC1(C(=O)NCc2cccc(OCC(F)(F)F)c2)CCCCC1. The number of nitrogens with two attached hydrogens (primary N) is 1. The Balaban J connectivity index is 0.00000288. The molecule has 0 radical (unpaired) electrons. The lowest BCUT2D eigenvalue weighted by molar-refractivity contribution is -0.153. The third-order valence-electron chi connectivity index (χ3n) is 3.95. The van der Waals surface area contributed by atoms with E-state index in [9.17, 15) is 18.0 Å². The average molecular weight is 367 g/mol. The zero-order valence-corrected chi connectivity index (χ0v) is 14.0. The molecule has 0 aliphatic heterocycles. The Morgan fingerprint density at radius 3 is 2.54 bits per heavy atom. The fourth-order valence-electron chi connectivity index (χ4n) is 2.68. The quantitative estimate of drug-likeness (QED) is 0.840. The molecule has 0 heterocycles. The fraction of sp³-hybridized carbons (Fsp3) is 0.562. The van der Waals surface area contributed by atoms with E-state index in [1.165, 1.54) is 12.1 Å². The van der Waals surface area contributed by atoms with Crippen LogP contribution in [0.5, 0.6) is 5.75 Å². The van der Waals surface area contributed by atoms with Crippen LogP contribution in [-0.2, 0) is 11.3 Å². The molecule has 1 aliphatic rings. The van der Waals surface area contributed by atoms with Crippen LogP contribution in [-0.4, -0.2) is 24.2 Å². The predicted molar refractivity (Wildman–Crippen MR) is 87.1 cm³/mol. The summed E-state index contributed by atoms with van der Waals surface area (Å²) in [5, 5.41) is 2.77. The number of amides is 1. The molecule has 0 saturated heterocycles. The highest BCUT2D eigenvalue weighted by molar-refractivity contribution is 5.86. The van der Waals surface area contributed by atoms with Crippen LogP contribution in [0.4, 0.5) is 13.2 Å². The van der Waals surface area contributed by atoms with E-state index in [1.54, 1.807) is 12.1 Å². The van der Waals surface area contributed by atoms with E-state index >= 15 is 0 Å². The van der Waals surface area contributed by atoms with Crippen LogP contribution >= 0.6 is 12.4 Å². The second-order valence-electron chi connectivity index (χ2n) is 5.95. The van der Waals surface area contributed by atoms with Crippen molar-refractivity contribution in [2.75, 3.05) is 6.61 Å². The van der Waals surface area contributed by atoms with Crippen molar-refractivity contribution in [1.29, 1.82) is 0 Å². The van der Waals surface area contributed by atoms with Crippen LogP contribution in [0.2, 0.25) is 0 Å². The van der Waals surface area contributed by atoms with Gasteiger partial charge in [-0.15, -0.1) is 12.4 Å². The van der Waals surface area contributed by atoms with Crippen LogP contribution < -0.4 is 15.8 Å². The topological polar surface area (TPSA) is 64.4 Å². The summed E-state index contributed by atoms with van der Waals surface area (Å²) in [4.78, 5) is 12.2. The van der Waals surface area contributed by atoms with Crippen molar-refractivity contribution in [3.8, 4) is 5.75 Å². The van der Waals surface area contributed by atoms with Crippen molar-refractivity contribution in [2.45, 2.75) is 50.4 Å². The standard InChI is InChI=1S/C16H21F3N2O2.ClH/c17-16(18,19)11-23-13-6-4-5-12(9-13)10-21-14(22)15(20)7-2-1-3-8-15;/h4-6,9H,1-3,7-8,10-11,20H2,(H,21,22);1H. The average Bonchev–Trinajstić information content (AvgIpc) is 2.51. The molecule has 2 rings (SSSR count). The lowest BCUT2D eigenvalue weighted by Crippen LogP contribution is -2.54. The van der Waals surface area contributed by atoms with E-state index in [0.29, 0.717) is 18.4 Å². The maximum Gasteiger partial charge on any atom is 0.422 e. The summed E-state index contributed by atoms with van der Waals surface area (Å²) in [6.45, 7) is -1.13. The summed E-state index contributed by atoms with van der Waals surface area (Å²) < 4.78 is 41.1. The molecule has 3 N–H and O–H groups in total. The van der Waals surface area contributed by atoms with Gasteiger partial charge in [-0.1, -0.05) is 31.4 Å². The third kappa shape index (κ3) is 6.20. The van der Waals surface area contributed by atoms with Crippen molar-refractivity contribution in [1.82, 2.24) is 5.32 Å². The van der Waals surface area contributed by atoms with Crippen molar-refractivity contribution in [3.05, 3.63) is 29.8 Å². The van der Waals surface area contributed by atoms with E-state index < -0.39 is 18.3 Å². The second kappa shape index (κ2) is 8.58. The number of alkyl halides is 3. The molecule has 1 saturated carbocycles. The van der Waals surface area contributed by atoms with Gasteiger partial charge in [-0.3, -0.25) is 4.79 Å². The number of hydrogen-bond acceptors (Lipinski definition) is 3. The molecule has 1 aromatic rings. The van der Waals surface area contributed by atoms with E-state index in [2.05, 4.69) is 5.32 Å². The Morgan fingerprint density at radius 1 is 1.25 bits per heavy atom. The highest BCUT2D eigenvalue weighted by atomic mass is 35.5. The molecule has 1 aliphatic carbocycles. The second-order valence-corrected chi connectivity index (χ2v) is 5.95. The maximum atomic E-state index is 12.2. The van der Waals surface area contributed by atoms with E-state index in [0.717, 1.165) is 19.3 Å². The number of carbonyl (C=O) groups excluding carboxylic acids is 1. The van der Waals surface area contributed by atoms with Crippen LogP contribution in [0.25, 0.3) is 0 Å². The monoisotopic (exact) mass is 366 g/mol. The smallest absolute Gasteiger partial charge is 0.422 e. The van der Waals surface area contributed by atoms with Crippen molar-refractivity contribution >= 4 is 18.3 Å². The van der Waals surface area contributed by atoms with Gasteiger partial charge < -0.3 is 15.8 Å². The Kier molecular flexibility index (Phi) is 7.35. The fourth-order valence-corrected chi connectivity index (χ4v) is 2.68. The Bertz CT molecular complexity index is 546. The zero-order valence-electron chi connectivity index (χ0n) is 13.2. The van der Waals surface area contributed by atoms with Gasteiger partial charge >= 0.3 is 6.18 Å². The number of benzene rings is 1. The Morgan fingerprint density at radius 2 is 1.92 bits per heavy atom. The maximum absolute atomic E-state index is 12.2. The number of carbonyl (C=O) groups is 1. The zero-order chi connectivity index (χ0) is 16.9. The first-order valence-corrected chi connectivity index (χ1v) is 7.64. The molecular weight excluding hydrogens is 345 g/mol. The van der Waals surface area contributed by atoms with Crippen molar-refractivity contribution in [2.24, 2.45) is 5.73 Å². The molecule has 1 aromatic carbocycles. The molecule has 0 unspecified atom stereocenters. The molecule has 1 fully saturated rings. The Hall–Kier alpha value is -1.47. The van der Waals surface area contributed by atoms with Gasteiger partial charge in [-0.25, -0.2) is 0 Å². The van der Waals surface area contributed by atoms with Crippen LogP contribution in [0.3, 0.4) is 0 Å². The lowest BCUT2D eigenvalue weighted by atomic mass is 9.82. The molecule has 0 atom stereocenters. The minimum atomic E-state index is -4.38. The highest BCUT2D eigenvalue weighted by Crippen LogP contribution is 2.26. The predicted octanol–water partition coefficient (Wildman–Crippen LogP) is 3.33. The molecule has 0 spiro atoms. The van der Waals surface area contributed by atoms with E-state index in [1.807, 2.05) is 0 Å². The van der Waals surface area contributed by atoms with Gasteiger partial charge in [0, 0.05) is 6.54 Å². The first-order valence-electron chi connectivity index (χ1n) is 7.64. The summed E-state index contributed by atoms with van der Waals surface area (Å²) in [5.74, 6) is -0.0898. The normalized spacial score (nSPS) is 16.8. The first kappa shape index (κ1) is 20.6. The van der Waals surface area contributed by atoms with Crippen LogP contribution in [0, 0.1) is 0 Å². The minimum absolute atomic E-state index is 0. The van der Waals surface area contributed by atoms with Gasteiger partial charge in [-0.05, 0) is 30.5 Å². The molecule has 1 amide bonds. The van der Waals surface area contributed by atoms with Gasteiger partial charge in [0.25, 0.3) is 0 Å². The summed E-state index contributed by atoms with van der Waals surface area (Å²) in [6, 6.07) is 6.23. The molecule has 0 aromatic heterocycles. The molecule has 136 valence electrons. The molecule has 8 heteroatoms. The summed E-state index contributed by atoms with van der Waals surface area (Å²) in [7, 11) is 0. The number of nitrogens with one attached hydrogen (secondary N) is 1.